The summed E-state index contributed by atoms with van der Waals surface area (Å²) in [5.41, 5.74) is 3.16. The molecule has 0 aliphatic carbocycles. The van der Waals surface area contributed by atoms with Crippen LogP contribution in [-0.4, -0.2) is 20.9 Å². The Kier molecular flexibility index (Phi) is 7.05. The van der Waals surface area contributed by atoms with Crippen molar-refractivity contribution in [1.29, 1.82) is 0 Å². The average Bonchev–Trinajstić information content (AvgIpc) is 3.50. The maximum absolute atomic E-state index is 15.0. The number of thioether (sulfide) groups is 2. The first-order chi connectivity index (χ1) is 18.8. The number of benzene rings is 4. The lowest BCUT2D eigenvalue weighted by Crippen LogP contribution is -2.05. The minimum absolute atomic E-state index is 0.157. The lowest BCUT2D eigenvalue weighted by molar-refractivity contribution is 0.590. The number of hydrogen-bond donors (Lipinski definition) is 0. The minimum Gasteiger partial charge on any atom is -0.218 e. The normalized spacial score (nSPS) is 12.0. The summed E-state index contributed by atoms with van der Waals surface area (Å²) in [4.78, 5) is -0.313. The molecule has 0 spiro atoms. The molecule has 0 saturated heterocycles. The van der Waals surface area contributed by atoms with Gasteiger partial charge in [-0.1, -0.05) is 60.7 Å². The quantitative estimate of drug-likeness (QED) is 0.176. The zero-order chi connectivity index (χ0) is 27.3. The molecule has 0 aliphatic rings. The molecular formula is C30H20F2O2S5. The van der Waals surface area contributed by atoms with Crippen LogP contribution in [0.3, 0.4) is 0 Å². The molecule has 0 atom stereocenters. The molecule has 6 rings (SSSR count). The summed E-state index contributed by atoms with van der Waals surface area (Å²) in [5, 5.41) is 0.909. The molecule has 4 aromatic carbocycles. The number of rotatable bonds is 6. The Hall–Kier alpha value is -2.69. The summed E-state index contributed by atoms with van der Waals surface area (Å²) in [5.74, 6) is -1.30. The summed E-state index contributed by atoms with van der Waals surface area (Å²) in [6, 6.07) is 23.9. The third kappa shape index (κ3) is 4.50. The Morgan fingerprint density at radius 3 is 1.36 bits per heavy atom. The molecule has 39 heavy (non-hydrogen) atoms. The molecule has 0 unspecified atom stereocenters. The topological polar surface area (TPSA) is 34.1 Å². The SMILES string of the molecule is CSc1sc2cc(F)cc(S(=O)(=O)c3cc(F)cc4sc(SC)c(-c5ccccc5)c34)c2c1-c1ccccc1. The fraction of sp³-hybridized carbons (Fsp3) is 0.0667. The fourth-order valence-electron chi connectivity index (χ4n) is 4.84. The molecule has 0 radical (unpaired) electrons. The van der Waals surface area contributed by atoms with Crippen molar-refractivity contribution in [3.63, 3.8) is 0 Å². The van der Waals surface area contributed by atoms with E-state index in [0.29, 0.717) is 20.2 Å². The molecule has 0 fully saturated rings. The molecular weight excluding hydrogens is 591 g/mol. The molecule has 0 amide bonds. The molecule has 2 aromatic heterocycles. The highest BCUT2D eigenvalue weighted by molar-refractivity contribution is 8.01. The van der Waals surface area contributed by atoms with E-state index in [2.05, 4.69) is 0 Å². The first-order valence-corrected chi connectivity index (χ1v) is 17.4. The molecule has 2 nitrogen and oxygen atoms in total. The van der Waals surface area contributed by atoms with Crippen molar-refractivity contribution >= 4 is 76.2 Å². The van der Waals surface area contributed by atoms with Gasteiger partial charge >= 0.3 is 0 Å². The number of sulfone groups is 1. The highest BCUT2D eigenvalue weighted by Gasteiger charge is 2.31. The predicted octanol–water partition coefficient (Wildman–Crippen LogP) is 10.0. The monoisotopic (exact) mass is 610 g/mol. The van der Waals surface area contributed by atoms with E-state index in [1.165, 1.54) is 58.3 Å². The zero-order valence-electron chi connectivity index (χ0n) is 20.7. The molecule has 6 aromatic rings. The van der Waals surface area contributed by atoms with E-state index >= 15 is 8.78 Å². The Balaban J connectivity index is 1.73. The van der Waals surface area contributed by atoms with Crippen molar-refractivity contribution in [2.45, 2.75) is 18.2 Å². The van der Waals surface area contributed by atoms with E-state index in [-0.39, 0.29) is 9.79 Å². The smallest absolute Gasteiger partial charge is 0.208 e. The van der Waals surface area contributed by atoms with Crippen molar-refractivity contribution in [3.05, 3.63) is 96.6 Å². The molecule has 0 N–H and O–H groups in total. The second-order valence-corrected chi connectivity index (χ2v) is 14.9. The molecule has 0 bridgehead atoms. The summed E-state index contributed by atoms with van der Waals surface area (Å²) >= 11 is 5.69. The van der Waals surface area contributed by atoms with Crippen molar-refractivity contribution in [2.24, 2.45) is 0 Å². The lowest BCUT2D eigenvalue weighted by atomic mass is 10.0. The summed E-state index contributed by atoms with van der Waals surface area (Å²) in [6.07, 6.45) is 3.83. The number of thiophene rings is 2. The molecule has 9 heteroatoms. The van der Waals surface area contributed by atoms with E-state index in [1.807, 2.05) is 73.2 Å². The van der Waals surface area contributed by atoms with Crippen LogP contribution in [0.5, 0.6) is 0 Å². The van der Waals surface area contributed by atoms with Crippen molar-refractivity contribution < 1.29 is 17.2 Å². The average molecular weight is 611 g/mol. The van der Waals surface area contributed by atoms with Crippen LogP contribution in [-0.2, 0) is 9.84 Å². The third-order valence-electron chi connectivity index (χ3n) is 6.45. The predicted molar refractivity (Wildman–Crippen MR) is 163 cm³/mol. The van der Waals surface area contributed by atoms with Crippen LogP contribution < -0.4 is 0 Å². The Bertz CT molecular complexity index is 1820. The van der Waals surface area contributed by atoms with E-state index in [9.17, 15) is 8.42 Å². The Morgan fingerprint density at radius 1 is 0.615 bits per heavy atom. The first-order valence-electron chi connectivity index (χ1n) is 11.8. The summed E-state index contributed by atoms with van der Waals surface area (Å²) in [6.45, 7) is 0. The lowest BCUT2D eigenvalue weighted by Gasteiger charge is -2.13. The zero-order valence-corrected chi connectivity index (χ0v) is 24.8. The van der Waals surface area contributed by atoms with E-state index in [0.717, 1.165) is 42.8 Å². The van der Waals surface area contributed by atoms with Crippen molar-refractivity contribution in [3.8, 4) is 22.3 Å². The van der Waals surface area contributed by atoms with Crippen molar-refractivity contribution in [1.82, 2.24) is 0 Å². The molecule has 0 saturated carbocycles. The summed E-state index contributed by atoms with van der Waals surface area (Å²) < 4.78 is 62.1. The van der Waals surface area contributed by atoms with Crippen LogP contribution in [0, 0.1) is 11.6 Å². The second-order valence-electron chi connectivity index (χ2n) is 8.73. The van der Waals surface area contributed by atoms with Gasteiger partial charge in [-0.05, 0) is 47.9 Å². The highest BCUT2D eigenvalue weighted by atomic mass is 32.2. The maximum atomic E-state index is 15.0. The largest absolute Gasteiger partial charge is 0.218 e. The van der Waals surface area contributed by atoms with E-state index < -0.39 is 21.5 Å². The molecule has 0 aliphatic heterocycles. The molecule has 2 heterocycles. The summed E-state index contributed by atoms with van der Waals surface area (Å²) in [7, 11) is -4.37. The van der Waals surface area contributed by atoms with E-state index in [1.54, 1.807) is 0 Å². The van der Waals surface area contributed by atoms with Crippen LogP contribution in [0.15, 0.2) is 103 Å². The van der Waals surface area contributed by atoms with Gasteiger partial charge in [0.05, 0.1) is 18.2 Å². The standard InChI is InChI=1S/C30H20F2O2S5/c1-35-29-25(17-9-5-3-6-10-17)27-21(37-29)13-19(31)15-23(27)39(33,34)24-16-20(32)14-22-28(24)26(30(36-2)38-22)18-11-7-4-8-12-18/h3-16H,1-2H3. The molecule has 196 valence electrons. The van der Waals surface area contributed by atoms with E-state index in [4.69, 9.17) is 0 Å². The van der Waals surface area contributed by atoms with Gasteiger partial charge in [-0.2, -0.15) is 0 Å². The van der Waals surface area contributed by atoms with Gasteiger partial charge in [0.15, 0.2) is 0 Å². The van der Waals surface area contributed by atoms with Crippen LogP contribution in [0.2, 0.25) is 0 Å². The van der Waals surface area contributed by atoms with Crippen LogP contribution in [0.4, 0.5) is 8.78 Å². The van der Waals surface area contributed by atoms with Gasteiger partial charge in [-0.25, -0.2) is 17.2 Å². The van der Waals surface area contributed by atoms with Gasteiger partial charge in [0.25, 0.3) is 0 Å². The van der Waals surface area contributed by atoms with Crippen LogP contribution in [0.1, 0.15) is 0 Å². The second kappa shape index (κ2) is 10.4. The highest BCUT2D eigenvalue weighted by Crippen LogP contribution is 2.50. The van der Waals surface area contributed by atoms with Gasteiger partial charge in [-0.15, -0.1) is 46.2 Å². The van der Waals surface area contributed by atoms with Crippen LogP contribution >= 0.6 is 46.2 Å². The third-order valence-corrected chi connectivity index (χ3v) is 12.8. The van der Waals surface area contributed by atoms with Gasteiger partial charge in [-0.3, -0.25) is 0 Å². The minimum atomic E-state index is -4.37. The Morgan fingerprint density at radius 2 is 1.00 bits per heavy atom. The fourth-order valence-corrected chi connectivity index (χ4v) is 10.8. The number of hydrogen-bond acceptors (Lipinski definition) is 6. The van der Waals surface area contributed by atoms with Gasteiger partial charge in [0, 0.05) is 31.3 Å². The van der Waals surface area contributed by atoms with Crippen molar-refractivity contribution in [2.75, 3.05) is 12.5 Å². The number of fused-ring (bicyclic) bond motifs is 2. The van der Waals surface area contributed by atoms with Gasteiger partial charge < -0.3 is 0 Å². The van der Waals surface area contributed by atoms with Crippen LogP contribution in [0.25, 0.3) is 42.4 Å². The van der Waals surface area contributed by atoms with Gasteiger partial charge in [0.1, 0.15) is 11.6 Å². The van der Waals surface area contributed by atoms with Gasteiger partial charge in [0.2, 0.25) is 9.84 Å². The first kappa shape index (κ1) is 26.5. The maximum Gasteiger partial charge on any atom is 0.208 e. The Labute approximate surface area is 241 Å². The number of halogens is 2.